The van der Waals surface area contributed by atoms with Crippen LogP contribution < -0.4 is 0 Å². The van der Waals surface area contributed by atoms with Crippen molar-refractivity contribution in [2.75, 3.05) is 6.61 Å². The van der Waals surface area contributed by atoms with E-state index < -0.39 is 8.32 Å². The van der Waals surface area contributed by atoms with Crippen LogP contribution in [0.5, 0.6) is 0 Å². The zero-order valence-corrected chi connectivity index (χ0v) is 21.1. The van der Waals surface area contributed by atoms with Crippen LogP contribution in [-0.2, 0) is 4.43 Å². The number of rotatable bonds is 11. The minimum atomic E-state index is -1.97. The zero-order chi connectivity index (χ0) is 22.1. The molecule has 0 aromatic carbocycles. The number of aromatic nitrogens is 1. The molecule has 0 amide bonds. The molecule has 29 heavy (non-hydrogen) atoms. The fourth-order valence-corrected chi connectivity index (χ4v) is 4.28. The van der Waals surface area contributed by atoms with Gasteiger partial charge in [-0.05, 0) is 74.9 Å². The van der Waals surface area contributed by atoms with E-state index in [1.54, 1.807) is 6.20 Å². The van der Waals surface area contributed by atoms with Crippen LogP contribution in [0.25, 0.3) is 6.08 Å². The standard InChI is InChI=1S/C24H40ClNO2Si/c1-19(11-10-12-20(2)18-27)14-15-23(28-29(6,7)24(3,4)5)22(25)17-21-13-8-9-16-26-21/h8-9,13-14,16-17,20,23,27H,10-12,15,18H2,1-7H3/t20-,23-/m0/s1. The highest BCUT2D eigenvalue weighted by molar-refractivity contribution is 6.74. The number of hydrogen-bond acceptors (Lipinski definition) is 3. The zero-order valence-electron chi connectivity index (χ0n) is 19.3. The number of nitrogens with zero attached hydrogens (tertiary/aromatic N) is 1. The Morgan fingerprint density at radius 1 is 1.31 bits per heavy atom. The molecule has 0 aliphatic heterocycles. The Kier molecular flexibility index (Phi) is 10.8. The van der Waals surface area contributed by atoms with Gasteiger partial charge in [-0.2, -0.15) is 0 Å². The SMILES string of the molecule is CC(=CC[C@H](O[Si](C)(C)C(C)(C)C)C(Cl)=Cc1ccccn1)CCC[C@H](C)CO. The van der Waals surface area contributed by atoms with E-state index in [0.29, 0.717) is 11.0 Å². The van der Waals surface area contributed by atoms with E-state index in [1.807, 2.05) is 24.3 Å². The predicted octanol–water partition coefficient (Wildman–Crippen LogP) is 7.19. The van der Waals surface area contributed by atoms with E-state index in [9.17, 15) is 5.11 Å². The number of halogens is 1. The maximum atomic E-state index is 9.18. The van der Waals surface area contributed by atoms with Crippen LogP contribution >= 0.6 is 11.6 Å². The van der Waals surface area contributed by atoms with Crippen molar-refractivity contribution in [3.8, 4) is 0 Å². The van der Waals surface area contributed by atoms with E-state index in [0.717, 1.165) is 31.4 Å². The van der Waals surface area contributed by atoms with E-state index in [-0.39, 0.29) is 17.7 Å². The van der Waals surface area contributed by atoms with Crippen molar-refractivity contribution in [1.29, 1.82) is 0 Å². The van der Waals surface area contributed by atoms with Gasteiger partial charge in [0.1, 0.15) is 0 Å². The Morgan fingerprint density at radius 3 is 2.55 bits per heavy atom. The number of aliphatic hydroxyl groups is 1. The summed E-state index contributed by atoms with van der Waals surface area (Å²) in [4.78, 5) is 4.37. The molecule has 2 atom stereocenters. The molecule has 1 N–H and O–H groups in total. The second-order valence-electron chi connectivity index (χ2n) is 9.62. The molecule has 1 rings (SSSR count). The molecule has 0 aliphatic rings. The first-order chi connectivity index (χ1) is 13.5. The Hall–Kier alpha value is -0.943. The molecular formula is C24H40ClNO2Si. The molecule has 0 saturated heterocycles. The molecule has 0 bridgehead atoms. The first kappa shape index (κ1) is 26.1. The lowest BCUT2D eigenvalue weighted by molar-refractivity contribution is 0.224. The lowest BCUT2D eigenvalue weighted by atomic mass is 10.0. The third-order valence-corrected chi connectivity index (χ3v) is 10.6. The Morgan fingerprint density at radius 2 is 2.00 bits per heavy atom. The molecule has 1 heterocycles. The molecule has 0 spiro atoms. The third-order valence-electron chi connectivity index (χ3n) is 5.78. The van der Waals surface area contributed by atoms with E-state index in [2.05, 4.69) is 58.8 Å². The monoisotopic (exact) mass is 437 g/mol. The smallest absolute Gasteiger partial charge is 0.192 e. The van der Waals surface area contributed by atoms with Gasteiger partial charge in [0.25, 0.3) is 0 Å². The van der Waals surface area contributed by atoms with Gasteiger partial charge in [0.2, 0.25) is 0 Å². The quantitative estimate of drug-likeness (QED) is 0.294. The molecule has 5 heteroatoms. The molecular weight excluding hydrogens is 398 g/mol. The highest BCUT2D eigenvalue weighted by atomic mass is 35.5. The lowest BCUT2D eigenvalue weighted by Crippen LogP contribution is -2.44. The summed E-state index contributed by atoms with van der Waals surface area (Å²) < 4.78 is 6.68. The molecule has 0 fully saturated rings. The molecule has 0 unspecified atom stereocenters. The van der Waals surface area contributed by atoms with Crippen molar-refractivity contribution in [2.45, 2.75) is 84.5 Å². The minimum Gasteiger partial charge on any atom is -0.409 e. The van der Waals surface area contributed by atoms with Crippen LogP contribution in [0, 0.1) is 5.92 Å². The van der Waals surface area contributed by atoms with E-state index in [4.69, 9.17) is 16.0 Å². The lowest BCUT2D eigenvalue weighted by Gasteiger charge is -2.39. The molecule has 1 aromatic heterocycles. The summed E-state index contributed by atoms with van der Waals surface area (Å²) >= 11 is 6.75. The molecule has 0 radical (unpaired) electrons. The number of aliphatic hydroxyl groups excluding tert-OH is 1. The molecule has 0 aliphatic carbocycles. The summed E-state index contributed by atoms with van der Waals surface area (Å²) in [5.74, 6) is 0.369. The van der Waals surface area contributed by atoms with Crippen molar-refractivity contribution >= 4 is 26.0 Å². The summed E-state index contributed by atoms with van der Waals surface area (Å²) in [5.41, 5.74) is 2.20. The van der Waals surface area contributed by atoms with Gasteiger partial charge in [-0.25, -0.2) is 0 Å². The summed E-state index contributed by atoms with van der Waals surface area (Å²) in [6.45, 7) is 15.8. The van der Waals surface area contributed by atoms with Gasteiger partial charge >= 0.3 is 0 Å². The topological polar surface area (TPSA) is 42.4 Å². The largest absolute Gasteiger partial charge is 0.409 e. The van der Waals surface area contributed by atoms with Gasteiger partial charge < -0.3 is 9.53 Å². The fraction of sp³-hybridized carbons (Fsp3) is 0.625. The first-order valence-corrected chi connectivity index (χ1v) is 14.0. The Labute approximate surface area is 184 Å². The van der Waals surface area contributed by atoms with Gasteiger partial charge in [-0.15, -0.1) is 0 Å². The summed E-state index contributed by atoms with van der Waals surface area (Å²) in [6.07, 6.45) is 9.74. The van der Waals surface area contributed by atoms with Crippen molar-refractivity contribution in [3.05, 3.63) is 46.8 Å². The van der Waals surface area contributed by atoms with Crippen LogP contribution in [0.15, 0.2) is 41.1 Å². The van der Waals surface area contributed by atoms with Gasteiger partial charge in [0, 0.05) is 17.8 Å². The van der Waals surface area contributed by atoms with Gasteiger partial charge in [-0.1, -0.05) is 57.0 Å². The summed E-state index contributed by atoms with van der Waals surface area (Å²) in [7, 11) is -1.97. The van der Waals surface area contributed by atoms with Gasteiger partial charge in [0.15, 0.2) is 8.32 Å². The highest BCUT2D eigenvalue weighted by Gasteiger charge is 2.39. The van der Waals surface area contributed by atoms with Gasteiger partial charge in [-0.3, -0.25) is 4.98 Å². The van der Waals surface area contributed by atoms with E-state index in [1.165, 1.54) is 5.57 Å². The third kappa shape index (κ3) is 9.60. The van der Waals surface area contributed by atoms with Crippen LogP contribution in [0.3, 0.4) is 0 Å². The first-order valence-electron chi connectivity index (χ1n) is 10.7. The van der Waals surface area contributed by atoms with Crippen LogP contribution in [-0.4, -0.2) is 31.1 Å². The van der Waals surface area contributed by atoms with Crippen molar-refractivity contribution in [1.82, 2.24) is 4.98 Å². The Bertz CT molecular complexity index is 665. The summed E-state index contributed by atoms with van der Waals surface area (Å²) in [5, 5.41) is 10.00. The van der Waals surface area contributed by atoms with Crippen molar-refractivity contribution < 1.29 is 9.53 Å². The number of pyridine rings is 1. The molecule has 164 valence electrons. The average Bonchev–Trinajstić information content (AvgIpc) is 2.64. The maximum Gasteiger partial charge on any atom is 0.192 e. The number of hydrogen-bond donors (Lipinski definition) is 1. The Balaban J connectivity index is 2.93. The van der Waals surface area contributed by atoms with Crippen LogP contribution in [0.4, 0.5) is 0 Å². The minimum absolute atomic E-state index is 0.118. The van der Waals surface area contributed by atoms with Crippen molar-refractivity contribution in [2.24, 2.45) is 5.92 Å². The maximum absolute atomic E-state index is 9.18. The molecule has 1 aromatic rings. The second kappa shape index (κ2) is 12.0. The predicted molar refractivity (Wildman–Crippen MR) is 129 cm³/mol. The van der Waals surface area contributed by atoms with Crippen molar-refractivity contribution in [3.63, 3.8) is 0 Å². The fourth-order valence-electron chi connectivity index (χ4n) is 2.68. The number of allylic oxidation sites excluding steroid dienone is 1. The molecule has 0 saturated carbocycles. The highest BCUT2D eigenvalue weighted by Crippen LogP contribution is 2.39. The van der Waals surface area contributed by atoms with Gasteiger partial charge in [0.05, 0.1) is 11.8 Å². The normalized spacial score (nSPS) is 16.0. The molecule has 3 nitrogen and oxygen atoms in total. The average molecular weight is 438 g/mol. The van der Waals surface area contributed by atoms with Crippen LogP contribution in [0.2, 0.25) is 18.1 Å². The second-order valence-corrected chi connectivity index (χ2v) is 14.8. The summed E-state index contributed by atoms with van der Waals surface area (Å²) in [6, 6.07) is 5.82. The van der Waals surface area contributed by atoms with Crippen LogP contribution in [0.1, 0.15) is 66.0 Å². The van der Waals surface area contributed by atoms with E-state index >= 15 is 0 Å².